The van der Waals surface area contributed by atoms with Crippen LogP contribution in [0.4, 0.5) is 0 Å². The highest BCUT2D eigenvalue weighted by Gasteiger charge is 2.04. The summed E-state index contributed by atoms with van der Waals surface area (Å²) in [4.78, 5) is 4.58. The van der Waals surface area contributed by atoms with Crippen LogP contribution in [0.5, 0.6) is 0 Å². The minimum atomic E-state index is 0.952. The Hall–Kier alpha value is -1.35. The Kier molecular flexibility index (Phi) is 3.25. The van der Waals surface area contributed by atoms with E-state index in [-0.39, 0.29) is 0 Å². The van der Waals surface area contributed by atoms with Crippen molar-refractivity contribution in [2.45, 2.75) is 6.92 Å². The zero-order chi connectivity index (χ0) is 11.5. The highest BCUT2D eigenvalue weighted by atomic mass is 79.9. The van der Waals surface area contributed by atoms with E-state index >= 15 is 0 Å². The molecule has 0 aliphatic rings. The topological polar surface area (TPSA) is 17.8 Å². The Morgan fingerprint density at radius 2 is 2.00 bits per heavy atom. The zero-order valence-electron chi connectivity index (χ0n) is 9.31. The van der Waals surface area contributed by atoms with Crippen molar-refractivity contribution in [2.75, 3.05) is 0 Å². The van der Waals surface area contributed by atoms with E-state index in [0.717, 1.165) is 21.6 Å². The highest BCUT2D eigenvalue weighted by molar-refractivity contribution is 9.11. The van der Waals surface area contributed by atoms with Gasteiger partial charge in [-0.2, -0.15) is 0 Å². The molecule has 0 spiro atoms. The lowest BCUT2D eigenvalue weighted by Crippen LogP contribution is -1.88. The minimum absolute atomic E-state index is 0.952. The summed E-state index contributed by atoms with van der Waals surface area (Å²) in [5, 5.41) is 0. The van der Waals surface area contributed by atoms with Crippen molar-refractivity contribution in [2.24, 2.45) is 7.05 Å². The largest absolute Gasteiger partial charge is 0.334 e. The highest BCUT2D eigenvalue weighted by Crippen LogP contribution is 2.19. The summed E-state index contributed by atoms with van der Waals surface area (Å²) in [5.74, 6) is 0.952. The molecule has 0 aliphatic heterocycles. The van der Waals surface area contributed by atoms with Crippen LogP contribution in [0.15, 0.2) is 41.0 Å². The number of allylic oxidation sites excluding steroid dienone is 1. The summed E-state index contributed by atoms with van der Waals surface area (Å²) in [6.07, 6.45) is 4.05. The third-order valence-electron chi connectivity index (χ3n) is 2.31. The lowest BCUT2D eigenvalue weighted by Gasteiger charge is -1.93. The third-order valence-corrected chi connectivity index (χ3v) is 2.54. The summed E-state index contributed by atoms with van der Waals surface area (Å²) < 4.78 is 3.09. The minimum Gasteiger partial charge on any atom is -0.334 e. The Balaban J connectivity index is 2.42. The molecular weight excluding hydrogens is 264 g/mol. The molecule has 2 rings (SSSR count). The lowest BCUT2D eigenvalue weighted by atomic mass is 10.2. The first-order valence-corrected chi connectivity index (χ1v) is 5.88. The molecule has 82 valence electrons. The standard InChI is InChI=1S/C13H13BrN2/c1-10(14)8-13-15-12(9-16(13)2)11-6-4-3-5-7-11/h3-9H,1-2H3/b10-8+. The van der Waals surface area contributed by atoms with Gasteiger partial charge < -0.3 is 4.57 Å². The van der Waals surface area contributed by atoms with Crippen molar-refractivity contribution in [3.05, 3.63) is 46.8 Å². The SMILES string of the molecule is C/C(Br)=C\c1nc(-c2ccccc2)cn1C. The van der Waals surface area contributed by atoms with E-state index in [4.69, 9.17) is 0 Å². The number of nitrogens with zero attached hydrogens (tertiary/aromatic N) is 2. The molecule has 0 atom stereocenters. The summed E-state index contributed by atoms with van der Waals surface area (Å²) in [5.41, 5.74) is 2.15. The van der Waals surface area contributed by atoms with Gasteiger partial charge in [0.1, 0.15) is 5.82 Å². The van der Waals surface area contributed by atoms with Crippen LogP contribution in [0.25, 0.3) is 17.3 Å². The van der Waals surface area contributed by atoms with Crippen LogP contribution in [-0.4, -0.2) is 9.55 Å². The maximum Gasteiger partial charge on any atom is 0.133 e. The van der Waals surface area contributed by atoms with Crippen LogP contribution >= 0.6 is 15.9 Å². The van der Waals surface area contributed by atoms with E-state index in [0.29, 0.717) is 0 Å². The number of halogens is 1. The molecule has 2 nitrogen and oxygen atoms in total. The quantitative estimate of drug-likeness (QED) is 0.815. The average Bonchev–Trinajstić information content (AvgIpc) is 2.61. The second-order valence-corrected chi connectivity index (χ2v) is 4.94. The molecule has 0 amide bonds. The van der Waals surface area contributed by atoms with Crippen molar-refractivity contribution >= 4 is 22.0 Å². The number of hydrogen-bond acceptors (Lipinski definition) is 1. The fourth-order valence-corrected chi connectivity index (χ4v) is 1.75. The molecule has 1 aromatic heterocycles. The maximum absolute atomic E-state index is 4.58. The Morgan fingerprint density at radius 3 is 2.62 bits per heavy atom. The molecule has 16 heavy (non-hydrogen) atoms. The van der Waals surface area contributed by atoms with Gasteiger partial charge in [-0.1, -0.05) is 46.3 Å². The zero-order valence-corrected chi connectivity index (χ0v) is 10.9. The van der Waals surface area contributed by atoms with Crippen molar-refractivity contribution in [1.29, 1.82) is 0 Å². The van der Waals surface area contributed by atoms with Gasteiger partial charge in [-0.15, -0.1) is 0 Å². The van der Waals surface area contributed by atoms with Crippen LogP contribution in [0.2, 0.25) is 0 Å². The molecule has 0 bridgehead atoms. The molecule has 0 saturated carbocycles. The summed E-state index contributed by atoms with van der Waals surface area (Å²) >= 11 is 3.42. The second-order valence-electron chi connectivity index (χ2n) is 3.69. The predicted octanol–water partition coefficient (Wildman–Crippen LogP) is 3.84. The smallest absolute Gasteiger partial charge is 0.133 e. The van der Waals surface area contributed by atoms with Crippen molar-refractivity contribution in [3.63, 3.8) is 0 Å². The van der Waals surface area contributed by atoms with Crippen molar-refractivity contribution in [1.82, 2.24) is 9.55 Å². The Morgan fingerprint density at radius 1 is 1.31 bits per heavy atom. The monoisotopic (exact) mass is 276 g/mol. The lowest BCUT2D eigenvalue weighted by molar-refractivity contribution is 0.897. The number of imidazole rings is 1. The van der Waals surface area contributed by atoms with Crippen LogP contribution in [0.3, 0.4) is 0 Å². The van der Waals surface area contributed by atoms with Gasteiger partial charge >= 0.3 is 0 Å². The van der Waals surface area contributed by atoms with E-state index in [1.54, 1.807) is 0 Å². The van der Waals surface area contributed by atoms with E-state index in [9.17, 15) is 0 Å². The van der Waals surface area contributed by atoms with Gasteiger partial charge in [0.15, 0.2) is 0 Å². The molecule has 3 heteroatoms. The molecular formula is C13H13BrN2. The van der Waals surface area contributed by atoms with Gasteiger partial charge in [-0.25, -0.2) is 4.98 Å². The molecule has 0 aliphatic carbocycles. The van der Waals surface area contributed by atoms with Gasteiger partial charge in [-0.3, -0.25) is 0 Å². The summed E-state index contributed by atoms with van der Waals surface area (Å²) in [7, 11) is 2.00. The van der Waals surface area contributed by atoms with Gasteiger partial charge in [0, 0.05) is 18.8 Å². The molecule has 1 aromatic carbocycles. The Labute approximate surface area is 104 Å². The number of aromatic nitrogens is 2. The first kappa shape index (κ1) is 11.1. The second kappa shape index (κ2) is 4.66. The normalized spacial score (nSPS) is 11.8. The number of hydrogen-bond donors (Lipinski definition) is 0. The van der Waals surface area contributed by atoms with Crippen LogP contribution in [-0.2, 0) is 7.05 Å². The van der Waals surface area contributed by atoms with Gasteiger partial charge in [0.05, 0.1) is 5.69 Å². The maximum atomic E-state index is 4.58. The third kappa shape index (κ3) is 2.42. The van der Waals surface area contributed by atoms with Crippen molar-refractivity contribution < 1.29 is 0 Å². The number of aryl methyl sites for hydroxylation is 1. The number of benzene rings is 1. The number of rotatable bonds is 2. The molecule has 0 unspecified atom stereocenters. The van der Waals surface area contributed by atoms with Gasteiger partial charge in [0.25, 0.3) is 0 Å². The molecule has 0 N–H and O–H groups in total. The Bertz CT molecular complexity index is 508. The first-order chi connectivity index (χ1) is 7.66. The van der Waals surface area contributed by atoms with Crippen molar-refractivity contribution in [3.8, 4) is 11.3 Å². The molecule has 0 radical (unpaired) electrons. The molecule has 1 heterocycles. The van der Waals surface area contributed by atoms with E-state index in [1.807, 2.05) is 49.0 Å². The fourth-order valence-electron chi connectivity index (χ4n) is 1.54. The van der Waals surface area contributed by atoms with Crippen LogP contribution in [0, 0.1) is 0 Å². The summed E-state index contributed by atoms with van der Waals surface area (Å²) in [6, 6.07) is 10.2. The molecule has 0 saturated heterocycles. The van der Waals surface area contributed by atoms with Crippen LogP contribution in [0.1, 0.15) is 12.7 Å². The fraction of sp³-hybridized carbons (Fsp3) is 0.154. The van der Waals surface area contributed by atoms with Gasteiger partial charge in [0.2, 0.25) is 0 Å². The molecule has 0 fully saturated rings. The summed E-state index contributed by atoms with van der Waals surface area (Å²) in [6.45, 7) is 2.00. The van der Waals surface area contributed by atoms with Crippen LogP contribution < -0.4 is 0 Å². The molecule has 2 aromatic rings. The van der Waals surface area contributed by atoms with E-state index < -0.39 is 0 Å². The van der Waals surface area contributed by atoms with E-state index in [1.165, 1.54) is 0 Å². The van der Waals surface area contributed by atoms with E-state index in [2.05, 4.69) is 33.0 Å². The van der Waals surface area contributed by atoms with Gasteiger partial charge in [-0.05, 0) is 17.5 Å². The average molecular weight is 277 g/mol. The first-order valence-electron chi connectivity index (χ1n) is 5.09. The predicted molar refractivity (Wildman–Crippen MR) is 71.2 cm³/mol.